The molecule has 0 heterocycles. The highest BCUT2D eigenvalue weighted by atomic mass is 31.2. The fraction of sp³-hybridized carbons (Fsp3) is 0.538. The summed E-state index contributed by atoms with van der Waals surface area (Å²) in [6, 6.07) is 0. The average Bonchev–Trinajstić information content (AvgIpc) is 2.47. The molecule has 120 valence electrons. The molecule has 0 aliphatic rings. The lowest BCUT2D eigenvalue weighted by Crippen LogP contribution is -2.10. The van der Waals surface area contributed by atoms with Crippen LogP contribution in [0.2, 0.25) is 0 Å². The van der Waals surface area contributed by atoms with Crippen LogP contribution in [0.15, 0.2) is 25.3 Å². The zero-order chi connectivity index (χ0) is 16.1. The molecule has 0 aromatic carbocycles. The number of hydrogen-bond acceptors (Lipinski definition) is 7. The van der Waals surface area contributed by atoms with Crippen molar-refractivity contribution in [3.05, 3.63) is 25.3 Å². The van der Waals surface area contributed by atoms with E-state index in [0.717, 1.165) is 25.0 Å². The molecule has 0 N–H and O–H groups in total. The van der Waals surface area contributed by atoms with E-state index in [0.29, 0.717) is 6.42 Å². The summed E-state index contributed by atoms with van der Waals surface area (Å²) in [6.45, 7) is 7.38. The Labute approximate surface area is 124 Å². The van der Waals surface area contributed by atoms with Gasteiger partial charge in [0.15, 0.2) is 0 Å². The van der Waals surface area contributed by atoms with Gasteiger partial charge in [-0.05, 0) is 6.42 Å². The summed E-state index contributed by atoms with van der Waals surface area (Å²) in [4.78, 5) is 21.7. The Morgan fingerprint density at radius 1 is 1.00 bits per heavy atom. The zero-order valence-electron chi connectivity index (χ0n) is 12.1. The first-order chi connectivity index (χ1) is 9.97. The van der Waals surface area contributed by atoms with Gasteiger partial charge in [0.05, 0.1) is 6.16 Å². The van der Waals surface area contributed by atoms with E-state index in [1.807, 2.05) is 6.92 Å². The molecule has 0 atom stereocenters. The van der Waals surface area contributed by atoms with E-state index in [-0.39, 0.29) is 6.16 Å². The molecule has 0 saturated heterocycles. The molecule has 7 nitrogen and oxygen atoms in total. The summed E-state index contributed by atoms with van der Waals surface area (Å²) in [5, 5.41) is 0. The van der Waals surface area contributed by atoms with Gasteiger partial charge in [-0.3, -0.25) is 13.6 Å². The predicted molar refractivity (Wildman–Crippen MR) is 76.5 cm³/mol. The van der Waals surface area contributed by atoms with Crippen molar-refractivity contribution in [2.75, 3.05) is 19.7 Å². The summed E-state index contributed by atoms with van der Waals surface area (Å²) < 4.78 is 31.5. The highest BCUT2D eigenvalue weighted by Crippen LogP contribution is 2.49. The Morgan fingerprint density at radius 2 is 1.48 bits per heavy atom. The second-order valence-corrected chi connectivity index (χ2v) is 6.06. The number of unbranched alkanes of at least 4 members (excludes halogenated alkanes) is 2. The third-order valence-electron chi connectivity index (χ3n) is 2.27. The average molecular weight is 320 g/mol. The maximum atomic E-state index is 12.3. The lowest BCUT2D eigenvalue weighted by atomic mass is 10.3. The van der Waals surface area contributed by atoms with Gasteiger partial charge in [-0.25, -0.2) is 9.59 Å². The first-order valence-corrected chi connectivity index (χ1v) is 8.16. The Morgan fingerprint density at radius 3 is 1.86 bits per heavy atom. The van der Waals surface area contributed by atoms with Crippen molar-refractivity contribution >= 4 is 19.5 Å². The minimum Gasteiger partial charge on any atom is -0.435 e. The fourth-order valence-electron chi connectivity index (χ4n) is 1.17. The molecular formula is C13H21O7P. The minimum atomic E-state index is -3.51. The van der Waals surface area contributed by atoms with Gasteiger partial charge >= 0.3 is 19.5 Å². The van der Waals surface area contributed by atoms with Crippen molar-refractivity contribution < 1.29 is 32.7 Å². The molecule has 0 rings (SSSR count). The van der Waals surface area contributed by atoms with Gasteiger partial charge in [0.25, 0.3) is 0 Å². The summed E-state index contributed by atoms with van der Waals surface area (Å²) >= 11 is 0. The second-order valence-electron chi connectivity index (χ2n) is 3.87. The van der Waals surface area contributed by atoms with Crippen LogP contribution in [0, 0.1) is 0 Å². The van der Waals surface area contributed by atoms with Crippen LogP contribution in [-0.2, 0) is 32.7 Å². The van der Waals surface area contributed by atoms with Crippen LogP contribution in [0.3, 0.4) is 0 Å². The highest BCUT2D eigenvalue weighted by molar-refractivity contribution is 7.53. The van der Waals surface area contributed by atoms with Gasteiger partial charge in [-0.1, -0.05) is 32.9 Å². The lowest BCUT2D eigenvalue weighted by Gasteiger charge is -2.17. The van der Waals surface area contributed by atoms with Crippen molar-refractivity contribution in [2.45, 2.75) is 26.2 Å². The molecule has 8 heteroatoms. The summed E-state index contributed by atoms with van der Waals surface area (Å²) in [7, 11) is -3.51. The van der Waals surface area contributed by atoms with Crippen LogP contribution in [0.4, 0.5) is 0 Å². The van der Waals surface area contributed by atoms with Crippen LogP contribution in [0.25, 0.3) is 0 Å². The summed E-state index contributed by atoms with van der Waals surface area (Å²) in [5.74, 6) is -1.40. The van der Waals surface area contributed by atoms with Crippen molar-refractivity contribution in [3.8, 4) is 0 Å². The topological polar surface area (TPSA) is 88.1 Å². The van der Waals surface area contributed by atoms with E-state index >= 15 is 0 Å². The molecular weight excluding hydrogens is 299 g/mol. The maximum Gasteiger partial charge on any atom is 0.336 e. The first kappa shape index (κ1) is 19.6. The highest BCUT2D eigenvalue weighted by Gasteiger charge is 2.25. The number of hydrogen-bond donors (Lipinski definition) is 0. The number of carbonyl (C=O) groups is 2. The van der Waals surface area contributed by atoms with Crippen molar-refractivity contribution in [1.29, 1.82) is 0 Å². The van der Waals surface area contributed by atoms with Crippen molar-refractivity contribution in [3.63, 3.8) is 0 Å². The monoisotopic (exact) mass is 320 g/mol. The predicted octanol–water partition coefficient (Wildman–Crippen LogP) is 2.78. The first-order valence-electron chi connectivity index (χ1n) is 6.44. The smallest absolute Gasteiger partial charge is 0.336 e. The van der Waals surface area contributed by atoms with E-state index < -0.39 is 33.1 Å². The van der Waals surface area contributed by atoms with E-state index in [1.54, 1.807) is 0 Å². The Kier molecular flexibility index (Phi) is 10.5. The number of esters is 2. The van der Waals surface area contributed by atoms with Gasteiger partial charge in [-0.15, -0.1) is 0 Å². The van der Waals surface area contributed by atoms with Crippen LogP contribution < -0.4 is 0 Å². The van der Waals surface area contributed by atoms with Crippen molar-refractivity contribution in [1.82, 2.24) is 0 Å². The standard InChI is InChI=1S/C13H21O7P/c1-4-7-8-9-21(16,19-10-17-12(14)5-2)20-11-18-13(15)6-3/h5-6H,2-4,7-11H2,1H3. The Hall–Kier alpha value is -1.43. The fourth-order valence-corrected chi connectivity index (χ4v) is 2.54. The molecule has 0 aromatic heterocycles. The maximum absolute atomic E-state index is 12.3. The molecule has 0 saturated carbocycles. The molecule has 0 spiro atoms. The van der Waals surface area contributed by atoms with Gasteiger partial charge in [0, 0.05) is 12.2 Å². The Bertz CT molecular complexity index is 375. The van der Waals surface area contributed by atoms with Crippen molar-refractivity contribution in [2.24, 2.45) is 0 Å². The molecule has 0 radical (unpaired) electrons. The van der Waals surface area contributed by atoms with Gasteiger partial charge < -0.3 is 9.47 Å². The van der Waals surface area contributed by atoms with E-state index in [4.69, 9.17) is 9.05 Å². The van der Waals surface area contributed by atoms with Crippen LogP contribution in [-0.4, -0.2) is 31.7 Å². The van der Waals surface area contributed by atoms with Gasteiger partial charge in [0.1, 0.15) is 0 Å². The number of rotatable bonds is 12. The van der Waals surface area contributed by atoms with Gasteiger partial charge in [-0.2, -0.15) is 0 Å². The SMILES string of the molecule is C=CC(=O)OCOP(=O)(CCCCC)OCOC(=O)C=C. The molecule has 0 unspecified atom stereocenters. The quantitative estimate of drug-likeness (QED) is 0.180. The molecule has 21 heavy (non-hydrogen) atoms. The molecule has 0 aliphatic heterocycles. The lowest BCUT2D eigenvalue weighted by molar-refractivity contribution is -0.146. The second kappa shape index (κ2) is 11.3. The zero-order valence-corrected chi connectivity index (χ0v) is 13.0. The molecule has 0 amide bonds. The third-order valence-corrected chi connectivity index (χ3v) is 4.13. The normalized spacial score (nSPS) is 10.7. The minimum absolute atomic E-state index is 0.137. The van der Waals surface area contributed by atoms with Crippen LogP contribution in [0.1, 0.15) is 26.2 Å². The largest absolute Gasteiger partial charge is 0.435 e. The van der Waals surface area contributed by atoms with Gasteiger partial charge in [0.2, 0.25) is 13.6 Å². The van der Waals surface area contributed by atoms with E-state index in [1.165, 1.54) is 0 Å². The third kappa shape index (κ3) is 10.0. The summed E-state index contributed by atoms with van der Waals surface area (Å²) in [5.41, 5.74) is 0. The van der Waals surface area contributed by atoms with E-state index in [9.17, 15) is 14.2 Å². The molecule has 0 aromatic rings. The summed E-state index contributed by atoms with van der Waals surface area (Å²) in [6.07, 6.45) is 4.43. The molecule has 0 fully saturated rings. The number of ether oxygens (including phenoxy) is 2. The van der Waals surface area contributed by atoms with Crippen LogP contribution in [0.5, 0.6) is 0 Å². The molecule has 0 aliphatic carbocycles. The Balaban J connectivity index is 4.34. The van der Waals surface area contributed by atoms with Crippen LogP contribution >= 0.6 is 7.60 Å². The molecule has 0 bridgehead atoms. The van der Waals surface area contributed by atoms with E-state index in [2.05, 4.69) is 22.6 Å². The number of carbonyl (C=O) groups excluding carboxylic acids is 2.